The zero-order valence-corrected chi connectivity index (χ0v) is 8.19. The zero-order chi connectivity index (χ0) is 10.2. The summed E-state index contributed by atoms with van der Waals surface area (Å²) in [6, 6.07) is 0. The first-order chi connectivity index (χ1) is 6.86. The van der Waals surface area contributed by atoms with Crippen LogP contribution in [0, 0.1) is 11.8 Å². The Kier molecular flexibility index (Phi) is 4.69. The van der Waals surface area contributed by atoms with Crippen LogP contribution in [0.3, 0.4) is 0 Å². The molecule has 0 aliphatic carbocycles. The summed E-state index contributed by atoms with van der Waals surface area (Å²) < 4.78 is 1.61. The van der Waals surface area contributed by atoms with Crippen molar-refractivity contribution in [3.05, 3.63) is 11.9 Å². The minimum atomic E-state index is 0.0809. The fourth-order valence-electron chi connectivity index (χ4n) is 0.973. The van der Waals surface area contributed by atoms with Gasteiger partial charge >= 0.3 is 0 Å². The third-order valence-corrected chi connectivity index (χ3v) is 1.61. The maximum Gasteiger partial charge on any atom is 0.0965 e. The van der Waals surface area contributed by atoms with E-state index in [-0.39, 0.29) is 6.61 Å². The largest absolute Gasteiger partial charge is 0.394 e. The molecular weight excluding hydrogens is 180 g/mol. The lowest BCUT2D eigenvalue weighted by atomic mass is 10.4. The van der Waals surface area contributed by atoms with Gasteiger partial charge < -0.3 is 10.4 Å². The van der Waals surface area contributed by atoms with Gasteiger partial charge in [0, 0.05) is 12.7 Å². The van der Waals surface area contributed by atoms with E-state index in [1.165, 1.54) is 0 Å². The number of nitrogens with one attached hydrogen (secondary N) is 1. The first-order valence-electron chi connectivity index (χ1n) is 4.47. The Hall–Kier alpha value is -1.38. The molecule has 0 unspecified atom stereocenters. The van der Waals surface area contributed by atoms with E-state index < -0.39 is 0 Å². The Morgan fingerprint density at radius 1 is 1.64 bits per heavy atom. The van der Waals surface area contributed by atoms with Crippen molar-refractivity contribution in [3.63, 3.8) is 0 Å². The molecule has 0 fully saturated rings. The van der Waals surface area contributed by atoms with Crippen molar-refractivity contribution >= 4 is 0 Å². The third-order valence-electron chi connectivity index (χ3n) is 1.61. The van der Waals surface area contributed by atoms with Gasteiger partial charge in [-0.15, -0.1) is 11.0 Å². The van der Waals surface area contributed by atoms with Gasteiger partial charge in [-0.3, -0.25) is 0 Å². The van der Waals surface area contributed by atoms with E-state index in [1.807, 2.05) is 6.20 Å². The van der Waals surface area contributed by atoms with Gasteiger partial charge in [0.25, 0.3) is 0 Å². The highest BCUT2D eigenvalue weighted by molar-refractivity contribution is 4.98. The van der Waals surface area contributed by atoms with Crippen LogP contribution < -0.4 is 5.32 Å². The second-order valence-corrected chi connectivity index (χ2v) is 2.73. The molecule has 76 valence electrons. The van der Waals surface area contributed by atoms with Crippen molar-refractivity contribution in [1.82, 2.24) is 20.3 Å². The Labute approximate surface area is 83.1 Å². The standard InChI is InChI=1S/C9H14N4O/c1-2-3-4-10-7-9-8-13(5-6-14)12-11-9/h8,10,14H,4-7H2,1H3. The molecule has 0 bridgehead atoms. The summed E-state index contributed by atoms with van der Waals surface area (Å²) in [7, 11) is 0. The number of aliphatic hydroxyl groups excluding tert-OH is 1. The maximum absolute atomic E-state index is 8.65. The summed E-state index contributed by atoms with van der Waals surface area (Å²) in [4.78, 5) is 0. The minimum Gasteiger partial charge on any atom is -0.394 e. The normalized spacial score (nSPS) is 9.57. The van der Waals surface area contributed by atoms with Crippen molar-refractivity contribution in [2.45, 2.75) is 20.0 Å². The van der Waals surface area contributed by atoms with Gasteiger partial charge in [0.1, 0.15) is 0 Å². The van der Waals surface area contributed by atoms with Crippen LogP contribution in [0.5, 0.6) is 0 Å². The van der Waals surface area contributed by atoms with Gasteiger partial charge in [0.15, 0.2) is 0 Å². The zero-order valence-electron chi connectivity index (χ0n) is 8.19. The topological polar surface area (TPSA) is 63.0 Å². The van der Waals surface area contributed by atoms with Crippen LogP contribution in [0.25, 0.3) is 0 Å². The summed E-state index contributed by atoms with van der Waals surface area (Å²) in [5, 5.41) is 19.5. The minimum absolute atomic E-state index is 0.0809. The van der Waals surface area contributed by atoms with Crippen LogP contribution in [-0.2, 0) is 13.1 Å². The van der Waals surface area contributed by atoms with Crippen molar-refractivity contribution in [2.24, 2.45) is 0 Å². The van der Waals surface area contributed by atoms with Gasteiger partial charge in [0.05, 0.1) is 25.4 Å². The lowest BCUT2D eigenvalue weighted by Gasteiger charge is -1.94. The molecule has 1 heterocycles. The molecule has 5 heteroatoms. The van der Waals surface area contributed by atoms with Gasteiger partial charge in [-0.2, -0.15) is 0 Å². The third kappa shape index (κ3) is 3.56. The lowest BCUT2D eigenvalue weighted by Crippen LogP contribution is -2.13. The molecule has 14 heavy (non-hydrogen) atoms. The SMILES string of the molecule is CC#CCNCc1cn(CCO)nn1. The van der Waals surface area contributed by atoms with Crippen LogP contribution in [0.4, 0.5) is 0 Å². The Morgan fingerprint density at radius 2 is 2.50 bits per heavy atom. The maximum atomic E-state index is 8.65. The summed E-state index contributed by atoms with van der Waals surface area (Å²) in [6.07, 6.45) is 1.81. The van der Waals surface area contributed by atoms with E-state index >= 15 is 0 Å². The summed E-state index contributed by atoms with van der Waals surface area (Å²) in [5.74, 6) is 5.69. The molecule has 0 saturated carbocycles. The van der Waals surface area contributed by atoms with Crippen LogP contribution in [0.2, 0.25) is 0 Å². The monoisotopic (exact) mass is 194 g/mol. The predicted molar refractivity (Wildman–Crippen MR) is 52.3 cm³/mol. The predicted octanol–water partition coefficient (Wildman–Crippen LogP) is -0.617. The van der Waals surface area contributed by atoms with Crippen LogP contribution in [-0.4, -0.2) is 33.3 Å². The van der Waals surface area contributed by atoms with E-state index in [1.54, 1.807) is 11.6 Å². The van der Waals surface area contributed by atoms with E-state index in [0.717, 1.165) is 5.69 Å². The molecule has 1 aromatic rings. The lowest BCUT2D eigenvalue weighted by molar-refractivity contribution is 0.268. The van der Waals surface area contributed by atoms with Crippen molar-refractivity contribution < 1.29 is 5.11 Å². The van der Waals surface area contributed by atoms with E-state index in [2.05, 4.69) is 27.5 Å². The summed E-state index contributed by atoms with van der Waals surface area (Å²) >= 11 is 0. The molecule has 0 radical (unpaired) electrons. The van der Waals surface area contributed by atoms with Crippen molar-refractivity contribution in [1.29, 1.82) is 0 Å². The molecule has 0 aliphatic rings. The number of aromatic nitrogens is 3. The fraction of sp³-hybridized carbons (Fsp3) is 0.556. The van der Waals surface area contributed by atoms with Crippen molar-refractivity contribution in [2.75, 3.05) is 13.2 Å². The molecule has 5 nitrogen and oxygen atoms in total. The van der Waals surface area contributed by atoms with E-state index in [0.29, 0.717) is 19.6 Å². The van der Waals surface area contributed by atoms with Gasteiger partial charge in [0.2, 0.25) is 0 Å². The quantitative estimate of drug-likeness (QED) is 0.484. The molecule has 0 saturated heterocycles. The highest BCUT2D eigenvalue weighted by atomic mass is 16.3. The van der Waals surface area contributed by atoms with E-state index in [9.17, 15) is 0 Å². The van der Waals surface area contributed by atoms with Crippen molar-refractivity contribution in [3.8, 4) is 11.8 Å². The molecule has 1 aromatic heterocycles. The van der Waals surface area contributed by atoms with E-state index in [4.69, 9.17) is 5.11 Å². The Morgan fingerprint density at radius 3 is 3.21 bits per heavy atom. The molecule has 0 amide bonds. The van der Waals surface area contributed by atoms with Crippen LogP contribution in [0.15, 0.2) is 6.20 Å². The summed E-state index contributed by atoms with van der Waals surface area (Å²) in [5.41, 5.74) is 0.858. The number of hydrogen-bond donors (Lipinski definition) is 2. The summed E-state index contributed by atoms with van der Waals surface area (Å²) in [6.45, 7) is 3.68. The second kappa shape index (κ2) is 6.13. The average Bonchev–Trinajstić information content (AvgIpc) is 2.61. The number of aliphatic hydroxyl groups is 1. The average molecular weight is 194 g/mol. The Bertz CT molecular complexity index is 323. The molecular formula is C9H14N4O. The first kappa shape index (κ1) is 10.7. The molecule has 0 atom stereocenters. The smallest absolute Gasteiger partial charge is 0.0965 e. The number of hydrogen-bond acceptors (Lipinski definition) is 4. The molecule has 0 aliphatic heterocycles. The molecule has 2 N–H and O–H groups in total. The highest BCUT2D eigenvalue weighted by Gasteiger charge is 1.98. The molecule has 0 spiro atoms. The second-order valence-electron chi connectivity index (χ2n) is 2.73. The molecule has 0 aromatic carbocycles. The van der Waals surface area contributed by atoms with Crippen LogP contribution >= 0.6 is 0 Å². The Balaban J connectivity index is 2.31. The fourth-order valence-corrected chi connectivity index (χ4v) is 0.973. The van der Waals surface area contributed by atoms with Crippen LogP contribution in [0.1, 0.15) is 12.6 Å². The first-order valence-corrected chi connectivity index (χ1v) is 4.47. The van der Waals surface area contributed by atoms with Gasteiger partial charge in [-0.1, -0.05) is 11.1 Å². The van der Waals surface area contributed by atoms with Gasteiger partial charge in [-0.05, 0) is 6.92 Å². The molecule has 1 rings (SSSR count). The number of rotatable bonds is 5. The highest BCUT2D eigenvalue weighted by Crippen LogP contribution is 1.91. The van der Waals surface area contributed by atoms with Gasteiger partial charge in [-0.25, -0.2) is 4.68 Å². The number of nitrogens with zero attached hydrogens (tertiary/aromatic N) is 3.